The standard InChI is InChI=1S/C16H18N2O/c1-12-8-7-11-14(13-9-5-4-6-10-13)15(12)17-16(19)18(2)3/h4-11H,1-3H3,(H,17,19). The van der Waals surface area contributed by atoms with Gasteiger partial charge in [0.25, 0.3) is 0 Å². The van der Waals surface area contributed by atoms with Crippen LogP contribution in [0.5, 0.6) is 0 Å². The van der Waals surface area contributed by atoms with Crippen LogP contribution in [0.2, 0.25) is 0 Å². The number of rotatable bonds is 2. The molecule has 0 atom stereocenters. The summed E-state index contributed by atoms with van der Waals surface area (Å²) in [4.78, 5) is 13.4. The first-order valence-electron chi connectivity index (χ1n) is 6.23. The van der Waals surface area contributed by atoms with Gasteiger partial charge in [0.1, 0.15) is 0 Å². The second kappa shape index (κ2) is 5.57. The van der Waals surface area contributed by atoms with Crippen LogP contribution in [0.1, 0.15) is 5.56 Å². The lowest BCUT2D eigenvalue weighted by Crippen LogP contribution is -2.27. The van der Waals surface area contributed by atoms with Crippen LogP contribution in [0, 0.1) is 6.92 Å². The molecule has 3 nitrogen and oxygen atoms in total. The van der Waals surface area contributed by atoms with Crippen molar-refractivity contribution >= 4 is 11.7 Å². The van der Waals surface area contributed by atoms with E-state index in [-0.39, 0.29) is 6.03 Å². The molecular weight excluding hydrogens is 236 g/mol. The summed E-state index contributed by atoms with van der Waals surface area (Å²) in [7, 11) is 3.46. The molecule has 2 aromatic carbocycles. The van der Waals surface area contributed by atoms with Crippen LogP contribution in [-0.2, 0) is 0 Å². The van der Waals surface area contributed by atoms with E-state index < -0.39 is 0 Å². The van der Waals surface area contributed by atoms with Gasteiger partial charge in [-0.1, -0.05) is 48.5 Å². The largest absolute Gasteiger partial charge is 0.331 e. The molecule has 0 heterocycles. The summed E-state index contributed by atoms with van der Waals surface area (Å²) >= 11 is 0. The maximum atomic E-state index is 11.9. The lowest BCUT2D eigenvalue weighted by atomic mass is 10.0. The molecule has 0 aliphatic rings. The van der Waals surface area contributed by atoms with Crippen molar-refractivity contribution in [1.29, 1.82) is 0 Å². The van der Waals surface area contributed by atoms with Crippen molar-refractivity contribution in [3.8, 4) is 11.1 Å². The quantitative estimate of drug-likeness (QED) is 0.869. The molecule has 2 rings (SSSR count). The first kappa shape index (κ1) is 13.1. The van der Waals surface area contributed by atoms with E-state index in [4.69, 9.17) is 0 Å². The molecule has 3 heteroatoms. The molecule has 2 aromatic rings. The number of nitrogens with one attached hydrogen (secondary N) is 1. The smallest absolute Gasteiger partial charge is 0.321 e. The molecule has 19 heavy (non-hydrogen) atoms. The van der Waals surface area contributed by atoms with E-state index in [1.54, 1.807) is 14.1 Å². The van der Waals surface area contributed by atoms with Crippen LogP contribution in [0.3, 0.4) is 0 Å². The highest BCUT2D eigenvalue weighted by atomic mass is 16.2. The third-order valence-electron chi connectivity index (χ3n) is 3.00. The molecule has 0 radical (unpaired) electrons. The fraction of sp³-hybridized carbons (Fsp3) is 0.188. The van der Waals surface area contributed by atoms with Crippen LogP contribution >= 0.6 is 0 Å². The molecule has 0 fully saturated rings. The van der Waals surface area contributed by atoms with Crippen molar-refractivity contribution in [1.82, 2.24) is 4.90 Å². The van der Waals surface area contributed by atoms with Crippen molar-refractivity contribution in [2.45, 2.75) is 6.92 Å². The first-order chi connectivity index (χ1) is 9.09. The maximum Gasteiger partial charge on any atom is 0.321 e. The summed E-state index contributed by atoms with van der Waals surface area (Å²) in [6.07, 6.45) is 0. The number of amides is 2. The predicted octanol–water partition coefficient (Wildman–Crippen LogP) is 3.76. The summed E-state index contributed by atoms with van der Waals surface area (Å²) in [6.45, 7) is 2.00. The van der Waals surface area contributed by atoms with Gasteiger partial charge in [-0.15, -0.1) is 0 Å². The first-order valence-corrected chi connectivity index (χ1v) is 6.23. The van der Waals surface area contributed by atoms with Gasteiger partial charge in [-0.05, 0) is 18.1 Å². The lowest BCUT2D eigenvalue weighted by Gasteiger charge is -2.17. The second-order valence-corrected chi connectivity index (χ2v) is 4.69. The molecule has 0 spiro atoms. The number of anilines is 1. The van der Waals surface area contributed by atoms with Crippen molar-refractivity contribution in [3.63, 3.8) is 0 Å². The Balaban J connectivity index is 2.45. The topological polar surface area (TPSA) is 32.3 Å². The summed E-state index contributed by atoms with van der Waals surface area (Å²) in [6, 6.07) is 16.0. The van der Waals surface area contributed by atoms with Gasteiger partial charge in [0.05, 0.1) is 5.69 Å². The molecule has 0 unspecified atom stereocenters. The molecule has 0 aliphatic carbocycles. The molecule has 98 valence electrons. The number of aryl methyl sites for hydroxylation is 1. The Morgan fingerprint density at radius 3 is 2.32 bits per heavy atom. The number of benzene rings is 2. The average molecular weight is 254 g/mol. The Morgan fingerprint density at radius 2 is 1.68 bits per heavy atom. The number of para-hydroxylation sites is 1. The van der Waals surface area contributed by atoms with Crippen molar-refractivity contribution in [3.05, 3.63) is 54.1 Å². The monoisotopic (exact) mass is 254 g/mol. The Morgan fingerprint density at radius 1 is 1.00 bits per heavy atom. The zero-order valence-electron chi connectivity index (χ0n) is 11.5. The molecule has 0 aromatic heterocycles. The van der Waals surface area contributed by atoms with E-state index in [1.165, 1.54) is 4.90 Å². The van der Waals surface area contributed by atoms with Gasteiger partial charge in [0.15, 0.2) is 0 Å². The van der Waals surface area contributed by atoms with Gasteiger partial charge in [0, 0.05) is 19.7 Å². The fourth-order valence-corrected chi connectivity index (χ4v) is 1.91. The van der Waals surface area contributed by atoms with Gasteiger partial charge in [0.2, 0.25) is 0 Å². The van der Waals surface area contributed by atoms with Crippen molar-refractivity contribution < 1.29 is 4.79 Å². The van der Waals surface area contributed by atoms with Crippen LogP contribution in [0.4, 0.5) is 10.5 Å². The highest BCUT2D eigenvalue weighted by Gasteiger charge is 2.11. The van der Waals surface area contributed by atoms with E-state index in [9.17, 15) is 4.79 Å². The molecule has 0 saturated heterocycles. The SMILES string of the molecule is Cc1cccc(-c2ccccc2)c1NC(=O)N(C)C. The lowest BCUT2D eigenvalue weighted by molar-refractivity contribution is 0.230. The van der Waals surface area contributed by atoms with Crippen LogP contribution in [0.15, 0.2) is 48.5 Å². The van der Waals surface area contributed by atoms with Crippen molar-refractivity contribution in [2.75, 3.05) is 19.4 Å². The molecular formula is C16H18N2O. The summed E-state index contributed by atoms with van der Waals surface area (Å²) in [5.74, 6) is 0. The minimum Gasteiger partial charge on any atom is -0.331 e. The molecule has 0 saturated carbocycles. The van der Waals surface area contributed by atoms with Crippen molar-refractivity contribution in [2.24, 2.45) is 0 Å². The van der Waals surface area contributed by atoms with E-state index in [0.717, 1.165) is 22.4 Å². The minimum absolute atomic E-state index is 0.119. The van der Waals surface area contributed by atoms with Crippen LogP contribution < -0.4 is 5.32 Å². The van der Waals surface area contributed by atoms with E-state index >= 15 is 0 Å². The van der Waals surface area contributed by atoms with E-state index in [0.29, 0.717) is 0 Å². The summed E-state index contributed by atoms with van der Waals surface area (Å²) < 4.78 is 0. The molecule has 1 N–H and O–H groups in total. The van der Waals surface area contributed by atoms with Gasteiger partial charge in [-0.2, -0.15) is 0 Å². The van der Waals surface area contributed by atoms with Crippen LogP contribution in [-0.4, -0.2) is 25.0 Å². The number of urea groups is 1. The van der Waals surface area contributed by atoms with Gasteiger partial charge >= 0.3 is 6.03 Å². The molecule has 0 bridgehead atoms. The number of nitrogens with zero attached hydrogens (tertiary/aromatic N) is 1. The number of hydrogen-bond donors (Lipinski definition) is 1. The predicted molar refractivity (Wildman–Crippen MR) is 79.3 cm³/mol. The number of hydrogen-bond acceptors (Lipinski definition) is 1. The van der Waals surface area contributed by atoms with E-state index in [2.05, 4.69) is 5.32 Å². The molecule has 0 aliphatic heterocycles. The Kier molecular flexibility index (Phi) is 3.85. The third kappa shape index (κ3) is 2.94. The summed E-state index contributed by atoms with van der Waals surface area (Å²) in [5, 5.41) is 2.96. The fourth-order valence-electron chi connectivity index (χ4n) is 1.91. The van der Waals surface area contributed by atoms with Crippen LogP contribution in [0.25, 0.3) is 11.1 Å². The Labute approximate surface area is 113 Å². The average Bonchev–Trinajstić information content (AvgIpc) is 2.41. The number of carbonyl (C=O) groups is 1. The third-order valence-corrected chi connectivity index (χ3v) is 3.00. The van der Waals surface area contributed by atoms with E-state index in [1.807, 2.05) is 55.5 Å². The Bertz CT molecular complexity index is 577. The zero-order valence-corrected chi connectivity index (χ0v) is 11.5. The Hall–Kier alpha value is -2.29. The zero-order chi connectivity index (χ0) is 13.8. The minimum atomic E-state index is -0.119. The highest BCUT2D eigenvalue weighted by Crippen LogP contribution is 2.30. The maximum absolute atomic E-state index is 11.9. The highest BCUT2D eigenvalue weighted by molar-refractivity contribution is 5.95. The van der Waals surface area contributed by atoms with Gasteiger partial charge in [-0.25, -0.2) is 4.79 Å². The number of carbonyl (C=O) groups excluding carboxylic acids is 1. The molecule has 2 amide bonds. The van der Waals surface area contributed by atoms with Gasteiger partial charge < -0.3 is 10.2 Å². The normalized spacial score (nSPS) is 10.1. The second-order valence-electron chi connectivity index (χ2n) is 4.69. The summed E-state index contributed by atoms with van der Waals surface area (Å²) in [5.41, 5.74) is 4.06. The van der Waals surface area contributed by atoms with Gasteiger partial charge in [-0.3, -0.25) is 0 Å².